The largest absolute Gasteiger partial charge is 0.489 e. The van der Waals surface area contributed by atoms with Crippen molar-refractivity contribution in [2.75, 3.05) is 0 Å². The first kappa shape index (κ1) is 12.1. The molecule has 0 aliphatic carbocycles. The van der Waals surface area contributed by atoms with Gasteiger partial charge in [-0.2, -0.15) is 0 Å². The average molecular weight is 250 g/mol. The van der Waals surface area contributed by atoms with E-state index in [0.717, 1.165) is 0 Å². The number of rotatable bonds is 4. The zero-order valence-corrected chi connectivity index (χ0v) is 9.64. The Morgan fingerprint density at radius 1 is 1.56 bits per heavy atom. The molecule has 5 nitrogen and oxygen atoms in total. The van der Waals surface area contributed by atoms with Crippen molar-refractivity contribution in [2.45, 2.75) is 13.5 Å². The van der Waals surface area contributed by atoms with Crippen LogP contribution in [0.2, 0.25) is 0 Å². The van der Waals surface area contributed by atoms with Crippen LogP contribution in [0.1, 0.15) is 21.8 Å². The lowest BCUT2D eigenvalue weighted by molar-refractivity contribution is 0.0989. The maximum Gasteiger partial charge on any atom is 0.271 e. The van der Waals surface area contributed by atoms with Crippen molar-refractivity contribution in [3.8, 4) is 5.75 Å². The molecule has 1 aromatic carbocycles. The molecular formula is C12H11FN2O3. The highest BCUT2D eigenvalue weighted by atomic mass is 19.1. The molecule has 1 aromatic heterocycles. The Balaban J connectivity index is 2.15. The Morgan fingerprint density at radius 3 is 3.00 bits per heavy atom. The summed E-state index contributed by atoms with van der Waals surface area (Å²) in [5, 5.41) is 3.54. The van der Waals surface area contributed by atoms with E-state index in [4.69, 9.17) is 15.0 Å². The maximum absolute atomic E-state index is 12.9. The Labute approximate surface area is 102 Å². The molecule has 18 heavy (non-hydrogen) atoms. The van der Waals surface area contributed by atoms with E-state index in [1.54, 1.807) is 13.0 Å². The van der Waals surface area contributed by atoms with Gasteiger partial charge in [0.15, 0.2) is 5.69 Å². The van der Waals surface area contributed by atoms with E-state index in [1.807, 2.05) is 0 Å². The molecule has 1 amide bonds. The standard InChI is InChI=1S/C12H11FN2O3/c1-7-10(11(12(14)16)15-18-7)6-17-9-4-2-3-8(13)5-9/h2-5H,6H2,1H3,(H2,14,16). The molecule has 0 saturated heterocycles. The molecule has 0 spiro atoms. The van der Waals surface area contributed by atoms with Crippen molar-refractivity contribution >= 4 is 5.91 Å². The number of nitrogens with two attached hydrogens (primary N) is 1. The third-order valence-electron chi connectivity index (χ3n) is 2.40. The van der Waals surface area contributed by atoms with Gasteiger partial charge in [0.2, 0.25) is 0 Å². The van der Waals surface area contributed by atoms with Crippen molar-refractivity contribution in [3.05, 3.63) is 47.1 Å². The molecule has 0 fully saturated rings. The fourth-order valence-electron chi connectivity index (χ4n) is 1.47. The summed E-state index contributed by atoms with van der Waals surface area (Å²) in [6.45, 7) is 1.68. The number of hydrogen-bond acceptors (Lipinski definition) is 4. The van der Waals surface area contributed by atoms with E-state index >= 15 is 0 Å². The molecule has 6 heteroatoms. The van der Waals surface area contributed by atoms with Gasteiger partial charge in [0, 0.05) is 6.07 Å². The molecule has 0 atom stereocenters. The predicted molar refractivity (Wildman–Crippen MR) is 60.5 cm³/mol. The van der Waals surface area contributed by atoms with Crippen LogP contribution in [0.15, 0.2) is 28.8 Å². The summed E-state index contributed by atoms with van der Waals surface area (Å²) in [6.07, 6.45) is 0. The molecule has 94 valence electrons. The monoisotopic (exact) mass is 250 g/mol. The number of primary amides is 1. The number of aryl methyl sites for hydroxylation is 1. The Morgan fingerprint density at radius 2 is 2.33 bits per heavy atom. The second-order valence-corrected chi connectivity index (χ2v) is 3.68. The predicted octanol–water partition coefficient (Wildman–Crippen LogP) is 1.80. The summed E-state index contributed by atoms with van der Waals surface area (Å²) >= 11 is 0. The highest BCUT2D eigenvalue weighted by Crippen LogP contribution is 2.18. The lowest BCUT2D eigenvalue weighted by Gasteiger charge is -2.05. The Hall–Kier alpha value is -2.37. The summed E-state index contributed by atoms with van der Waals surface area (Å²) < 4.78 is 23.2. The summed E-state index contributed by atoms with van der Waals surface area (Å²) in [4.78, 5) is 11.1. The first-order chi connectivity index (χ1) is 8.58. The number of halogens is 1. The van der Waals surface area contributed by atoms with Gasteiger partial charge in [0.1, 0.15) is 23.9 Å². The fourth-order valence-corrected chi connectivity index (χ4v) is 1.47. The number of carbonyl (C=O) groups excluding carboxylic acids is 1. The van der Waals surface area contributed by atoms with E-state index in [2.05, 4.69) is 5.16 Å². The van der Waals surface area contributed by atoms with Crippen LogP contribution in [0, 0.1) is 12.7 Å². The molecule has 1 heterocycles. The third kappa shape index (κ3) is 2.48. The number of amides is 1. The summed E-state index contributed by atoms with van der Waals surface area (Å²) in [6, 6.07) is 5.69. The van der Waals surface area contributed by atoms with Crippen molar-refractivity contribution in [3.63, 3.8) is 0 Å². The van der Waals surface area contributed by atoms with E-state index < -0.39 is 11.7 Å². The lowest BCUT2D eigenvalue weighted by Crippen LogP contribution is -2.14. The second kappa shape index (κ2) is 4.87. The van der Waals surface area contributed by atoms with Crippen LogP contribution < -0.4 is 10.5 Å². The number of nitrogens with zero attached hydrogens (tertiary/aromatic N) is 1. The van der Waals surface area contributed by atoms with Crippen molar-refractivity contribution in [2.24, 2.45) is 5.73 Å². The number of ether oxygens (including phenoxy) is 1. The van der Waals surface area contributed by atoms with Crippen molar-refractivity contribution in [1.82, 2.24) is 5.16 Å². The minimum Gasteiger partial charge on any atom is -0.489 e. The third-order valence-corrected chi connectivity index (χ3v) is 2.40. The molecule has 2 N–H and O–H groups in total. The Kier molecular flexibility index (Phi) is 3.27. The van der Waals surface area contributed by atoms with Crippen LogP contribution in [-0.4, -0.2) is 11.1 Å². The normalized spacial score (nSPS) is 10.3. The van der Waals surface area contributed by atoms with Gasteiger partial charge in [-0.15, -0.1) is 0 Å². The summed E-state index contributed by atoms with van der Waals surface area (Å²) in [5.74, 6) is -0.291. The SMILES string of the molecule is Cc1onc(C(N)=O)c1COc1cccc(F)c1. The molecule has 0 saturated carbocycles. The van der Waals surface area contributed by atoms with Crippen LogP contribution >= 0.6 is 0 Å². The van der Waals surface area contributed by atoms with E-state index in [9.17, 15) is 9.18 Å². The van der Waals surface area contributed by atoms with Crippen LogP contribution in [0.3, 0.4) is 0 Å². The number of carbonyl (C=O) groups is 1. The molecule has 2 rings (SSSR count). The van der Waals surface area contributed by atoms with Crippen LogP contribution in [0.4, 0.5) is 4.39 Å². The fraction of sp³-hybridized carbons (Fsp3) is 0.167. The van der Waals surface area contributed by atoms with Crippen molar-refractivity contribution < 1.29 is 18.4 Å². The van der Waals surface area contributed by atoms with Gasteiger partial charge >= 0.3 is 0 Å². The molecular weight excluding hydrogens is 239 g/mol. The average Bonchev–Trinajstić information content (AvgIpc) is 2.68. The highest BCUT2D eigenvalue weighted by Gasteiger charge is 2.17. The number of aromatic nitrogens is 1. The molecule has 0 unspecified atom stereocenters. The molecule has 0 aliphatic heterocycles. The van der Waals surface area contributed by atoms with Gasteiger partial charge in [-0.1, -0.05) is 11.2 Å². The van der Waals surface area contributed by atoms with Crippen LogP contribution in [0.25, 0.3) is 0 Å². The zero-order valence-electron chi connectivity index (χ0n) is 9.64. The van der Waals surface area contributed by atoms with Gasteiger partial charge in [-0.3, -0.25) is 4.79 Å². The van der Waals surface area contributed by atoms with Gasteiger partial charge < -0.3 is 15.0 Å². The summed E-state index contributed by atoms with van der Waals surface area (Å²) in [5.41, 5.74) is 5.64. The van der Waals surface area contributed by atoms with Gasteiger partial charge in [-0.05, 0) is 19.1 Å². The Bertz CT molecular complexity index is 580. The van der Waals surface area contributed by atoms with E-state index in [-0.39, 0.29) is 12.3 Å². The quantitative estimate of drug-likeness (QED) is 0.897. The van der Waals surface area contributed by atoms with E-state index in [0.29, 0.717) is 17.1 Å². The van der Waals surface area contributed by atoms with Crippen molar-refractivity contribution in [1.29, 1.82) is 0 Å². The highest BCUT2D eigenvalue weighted by molar-refractivity contribution is 5.92. The minimum absolute atomic E-state index is 0.0314. The van der Waals surface area contributed by atoms with Gasteiger partial charge in [0.05, 0.1) is 5.56 Å². The number of hydrogen-bond donors (Lipinski definition) is 1. The lowest BCUT2D eigenvalue weighted by atomic mass is 10.2. The van der Waals surface area contributed by atoms with Crippen LogP contribution in [-0.2, 0) is 6.61 Å². The zero-order chi connectivity index (χ0) is 13.1. The molecule has 0 aliphatic rings. The maximum atomic E-state index is 12.9. The van der Waals surface area contributed by atoms with Crippen LogP contribution in [0.5, 0.6) is 5.75 Å². The molecule has 0 bridgehead atoms. The van der Waals surface area contributed by atoms with Gasteiger partial charge in [-0.25, -0.2) is 4.39 Å². The first-order valence-electron chi connectivity index (χ1n) is 5.21. The topological polar surface area (TPSA) is 78.4 Å². The minimum atomic E-state index is -0.690. The molecule has 0 radical (unpaired) electrons. The van der Waals surface area contributed by atoms with E-state index in [1.165, 1.54) is 18.2 Å². The first-order valence-corrected chi connectivity index (χ1v) is 5.21. The molecule has 2 aromatic rings. The smallest absolute Gasteiger partial charge is 0.271 e. The second-order valence-electron chi connectivity index (χ2n) is 3.68. The summed E-state index contributed by atoms with van der Waals surface area (Å²) in [7, 11) is 0. The number of benzene rings is 1. The van der Waals surface area contributed by atoms with Gasteiger partial charge in [0.25, 0.3) is 5.91 Å².